The minimum atomic E-state index is -1.08. The molecule has 12 nitrogen and oxygen atoms in total. The molecule has 2 amide bonds. The third kappa shape index (κ3) is 3.73. The van der Waals surface area contributed by atoms with E-state index in [1.54, 1.807) is 0 Å². The molecule has 1 atom stereocenters. The van der Waals surface area contributed by atoms with Gasteiger partial charge in [0, 0.05) is 0 Å². The van der Waals surface area contributed by atoms with Crippen molar-refractivity contribution < 1.29 is 37.9 Å². The quantitative estimate of drug-likeness (QED) is 0.543. The van der Waals surface area contributed by atoms with E-state index < -0.39 is 39.0 Å². The van der Waals surface area contributed by atoms with Crippen molar-refractivity contribution in [1.82, 2.24) is 9.97 Å². The summed E-state index contributed by atoms with van der Waals surface area (Å²) in [6.45, 7) is 0. The number of methoxy groups -OCH3 is 4. The molecule has 2 rings (SSSR count). The fraction of sp³-hybridized carbons (Fsp3) is 0.333. The van der Waals surface area contributed by atoms with Crippen LogP contribution < -0.4 is 14.8 Å². The number of aromatic nitrogens is 2. The Morgan fingerprint density at radius 3 is 2.00 bits per heavy atom. The largest absolute Gasteiger partial charge is 0.481 e. The van der Waals surface area contributed by atoms with Gasteiger partial charge in [-0.15, -0.1) is 0 Å². The van der Waals surface area contributed by atoms with Crippen molar-refractivity contribution in [3.63, 3.8) is 0 Å². The van der Waals surface area contributed by atoms with Crippen molar-refractivity contribution in [3.05, 3.63) is 17.3 Å². The molecule has 1 aromatic rings. The first-order chi connectivity index (χ1) is 13.2. The number of carbonyl (C=O) groups is 3. The van der Waals surface area contributed by atoms with Crippen LogP contribution in [0.3, 0.4) is 0 Å². The van der Waals surface area contributed by atoms with Gasteiger partial charge >= 0.3 is 18.0 Å². The van der Waals surface area contributed by atoms with Gasteiger partial charge in [-0.05, 0) is 0 Å². The van der Waals surface area contributed by atoms with Crippen LogP contribution in [0, 0.1) is 0 Å². The first-order valence-electron chi connectivity index (χ1n) is 7.54. The molecule has 13 heteroatoms. The molecule has 150 valence electrons. The maximum Gasteiger partial charge on any atom is 0.455 e. The maximum absolute atomic E-state index is 12.9. The Kier molecular flexibility index (Phi) is 6.16. The minimum absolute atomic E-state index is 0.117. The Morgan fingerprint density at radius 1 is 1.00 bits per heavy atom. The fourth-order valence-corrected chi connectivity index (χ4v) is 2.59. The summed E-state index contributed by atoms with van der Waals surface area (Å²) in [5.41, 5.74) is -0.829. The lowest BCUT2D eigenvalue weighted by atomic mass is 10.2. The number of nitrogens with zero attached hydrogens (tertiary/aromatic N) is 4. The lowest BCUT2D eigenvalue weighted by Crippen LogP contribution is -2.48. The van der Waals surface area contributed by atoms with Crippen LogP contribution >= 0.6 is 11.6 Å². The van der Waals surface area contributed by atoms with Crippen LogP contribution in [-0.4, -0.2) is 73.2 Å². The molecule has 0 aliphatic carbocycles. The zero-order valence-electron chi connectivity index (χ0n) is 15.6. The second kappa shape index (κ2) is 8.19. The number of anilines is 1. The van der Waals surface area contributed by atoms with E-state index in [0.717, 1.165) is 14.2 Å². The molecule has 28 heavy (non-hydrogen) atoms. The second-order valence-electron chi connectivity index (χ2n) is 5.26. The van der Waals surface area contributed by atoms with Crippen LogP contribution in [0.25, 0.3) is 0 Å². The first kappa shape index (κ1) is 21.1. The molecule has 2 heterocycles. The number of likely N-dealkylation sites (N-methyl/N-ethyl adjacent to an activating group) is 1. The Balaban J connectivity index is 2.50. The van der Waals surface area contributed by atoms with Crippen molar-refractivity contribution in [2.75, 3.05) is 40.8 Å². The molecular formula is C15H17ClN5O7+. The second-order valence-corrected chi connectivity index (χ2v) is 5.62. The molecule has 0 radical (unpaired) electrons. The number of hydrogen-bond donors (Lipinski definition) is 1. The van der Waals surface area contributed by atoms with E-state index in [-0.39, 0.29) is 17.7 Å². The molecule has 0 saturated carbocycles. The number of nitrogens with one attached hydrogen (secondary N) is 1. The molecule has 1 aromatic heterocycles. The van der Waals surface area contributed by atoms with E-state index >= 15 is 0 Å². The van der Waals surface area contributed by atoms with Crippen LogP contribution in [0.5, 0.6) is 11.8 Å². The third-order valence-corrected chi connectivity index (χ3v) is 3.91. The van der Waals surface area contributed by atoms with Gasteiger partial charge in [0.15, 0.2) is 5.57 Å². The Hall–Kier alpha value is -3.25. The highest BCUT2D eigenvalue weighted by molar-refractivity contribution is 6.72. The van der Waals surface area contributed by atoms with E-state index in [0.29, 0.717) is 0 Å². The zero-order valence-corrected chi connectivity index (χ0v) is 16.4. The number of hydrogen-bond acceptors (Lipinski definition) is 10. The Morgan fingerprint density at radius 2 is 1.54 bits per heavy atom. The van der Waals surface area contributed by atoms with Gasteiger partial charge in [0.25, 0.3) is 5.70 Å². The van der Waals surface area contributed by atoms with E-state index in [1.165, 1.54) is 27.3 Å². The predicted octanol–water partition coefficient (Wildman–Crippen LogP) is 0.638. The average Bonchev–Trinajstić information content (AvgIpc) is 2.97. The Bertz CT molecular complexity index is 879. The zero-order chi connectivity index (χ0) is 21.1. The molecule has 0 fully saturated rings. The molecule has 0 spiro atoms. The summed E-state index contributed by atoms with van der Waals surface area (Å²) in [6, 6.07) is 0.485. The summed E-state index contributed by atoms with van der Waals surface area (Å²) >= 11 is 5.99. The lowest BCUT2D eigenvalue weighted by molar-refractivity contribution is -0.787. The van der Waals surface area contributed by atoms with Gasteiger partial charge in [-0.2, -0.15) is 9.97 Å². The third-order valence-electron chi connectivity index (χ3n) is 3.65. The van der Waals surface area contributed by atoms with E-state index in [2.05, 4.69) is 29.9 Å². The number of urea groups is 1. The van der Waals surface area contributed by atoms with Crippen molar-refractivity contribution >= 4 is 40.7 Å². The summed E-state index contributed by atoms with van der Waals surface area (Å²) in [5.74, 6) is -1.91. The lowest BCUT2D eigenvalue weighted by Gasteiger charge is -2.21. The summed E-state index contributed by atoms with van der Waals surface area (Å²) in [5, 5.41) is 5.89. The summed E-state index contributed by atoms with van der Waals surface area (Å²) in [6.07, 6.45) is 0. The summed E-state index contributed by atoms with van der Waals surface area (Å²) in [4.78, 5) is 45.1. The molecule has 1 N–H and O–H groups in total. The predicted molar refractivity (Wildman–Crippen MR) is 94.7 cm³/mol. The number of quaternary nitrogens is 1. The van der Waals surface area contributed by atoms with Gasteiger partial charge in [0.1, 0.15) is 7.05 Å². The summed E-state index contributed by atoms with van der Waals surface area (Å²) < 4.78 is 18.2. The van der Waals surface area contributed by atoms with Gasteiger partial charge in [-0.3, -0.25) is 0 Å². The standard InChI is InChI=1S/C15H16ClN5O7/c1-21(10(13(23)28-5)9(11(16)20-21)12(22)27-4)15(24)19-14-17-7(25-2)6-8(18-14)26-3/h6H,1-5H3/p+1. The molecule has 0 aromatic carbocycles. The maximum atomic E-state index is 12.9. The van der Waals surface area contributed by atoms with Crippen molar-refractivity contribution in [2.45, 2.75) is 0 Å². The normalized spacial score (nSPS) is 18.3. The smallest absolute Gasteiger partial charge is 0.455 e. The number of carbonyl (C=O) groups excluding carboxylic acids is 3. The number of esters is 2. The molecular weight excluding hydrogens is 398 g/mol. The number of rotatable bonds is 5. The molecule has 0 saturated heterocycles. The average molecular weight is 415 g/mol. The SMILES string of the molecule is COC(=O)C1=C(C(=O)OC)[N+](C)(C(=O)Nc2nc(OC)cc(OC)n2)N=C1Cl. The topological polar surface area (TPSA) is 138 Å². The highest BCUT2D eigenvalue weighted by Gasteiger charge is 2.53. The molecule has 0 bridgehead atoms. The van der Waals surface area contributed by atoms with Gasteiger partial charge < -0.3 is 18.9 Å². The first-order valence-corrected chi connectivity index (χ1v) is 7.92. The number of ether oxygens (including phenoxy) is 4. The number of amides is 2. The highest BCUT2D eigenvalue weighted by Crippen LogP contribution is 2.32. The van der Waals surface area contributed by atoms with E-state index in [4.69, 9.17) is 21.1 Å². The van der Waals surface area contributed by atoms with Crippen LogP contribution in [0.4, 0.5) is 10.7 Å². The monoisotopic (exact) mass is 414 g/mol. The Labute approximate surface area is 164 Å². The van der Waals surface area contributed by atoms with Gasteiger partial charge in [0.05, 0.1) is 34.5 Å². The molecule has 1 aliphatic heterocycles. The van der Waals surface area contributed by atoms with Crippen molar-refractivity contribution in [3.8, 4) is 11.8 Å². The van der Waals surface area contributed by atoms with Crippen LogP contribution in [0.1, 0.15) is 0 Å². The van der Waals surface area contributed by atoms with Crippen LogP contribution in [0.2, 0.25) is 0 Å². The fourth-order valence-electron chi connectivity index (χ4n) is 2.27. The van der Waals surface area contributed by atoms with Gasteiger partial charge in [0.2, 0.25) is 22.9 Å². The number of halogens is 1. The van der Waals surface area contributed by atoms with Crippen LogP contribution in [0.15, 0.2) is 22.4 Å². The van der Waals surface area contributed by atoms with Gasteiger partial charge in [-0.25, -0.2) is 19.7 Å². The van der Waals surface area contributed by atoms with Crippen LogP contribution in [-0.2, 0) is 19.1 Å². The highest BCUT2D eigenvalue weighted by atomic mass is 35.5. The minimum Gasteiger partial charge on any atom is -0.481 e. The van der Waals surface area contributed by atoms with E-state index in [1.807, 2.05) is 0 Å². The van der Waals surface area contributed by atoms with Gasteiger partial charge in [-0.1, -0.05) is 21.3 Å². The van der Waals surface area contributed by atoms with E-state index in [9.17, 15) is 14.4 Å². The summed E-state index contributed by atoms with van der Waals surface area (Å²) in [7, 11) is 6.12. The van der Waals surface area contributed by atoms with Crippen molar-refractivity contribution in [2.24, 2.45) is 5.10 Å². The van der Waals surface area contributed by atoms with Crippen molar-refractivity contribution in [1.29, 1.82) is 0 Å². The molecule has 1 aliphatic rings. The molecule has 1 unspecified atom stereocenters.